The van der Waals surface area contributed by atoms with Crippen molar-refractivity contribution in [3.05, 3.63) is 24.5 Å². The van der Waals surface area contributed by atoms with Crippen LogP contribution in [0.4, 0.5) is 0 Å². The number of hydrogen-bond donors (Lipinski definition) is 1. The highest BCUT2D eigenvalue weighted by atomic mass is 32.2. The van der Waals surface area contributed by atoms with Crippen molar-refractivity contribution in [2.45, 2.75) is 4.90 Å². The number of hydrogen-bond acceptors (Lipinski definition) is 3. The molecule has 1 atom stereocenters. The lowest BCUT2D eigenvalue weighted by Gasteiger charge is -1.96. The van der Waals surface area contributed by atoms with Crippen LogP contribution in [0.15, 0.2) is 29.4 Å². The molecule has 11 heavy (non-hydrogen) atoms. The summed E-state index contributed by atoms with van der Waals surface area (Å²) in [4.78, 5) is 4.48. The molecule has 0 fully saturated rings. The monoisotopic (exact) mass is 171 g/mol. The Balaban J connectivity index is 2.69. The summed E-state index contributed by atoms with van der Waals surface area (Å²) in [5, 5.41) is 8.48. The molecule has 1 aromatic rings. The van der Waals surface area contributed by atoms with Gasteiger partial charge in [0.05, 0.1) is 28.1 Å². The molecule has 1 N–H and O–H groups in total. The molecule has 0 saturated carbocycles. The Morgan fingerprint density at radius 1 is 1.64 bits per heavy atom. The Morgan fingerprint density at radius 3 is 3.00 bits per heavy atom. The van der Waals surface area contributed by atoms with E-state index < -0.39 is 10.8 Å². The number of aliphatic hydroxyl groups excluding tert-OH is 1. The quantitative estimate of drug-likeness (QED) is 0.706. The highest BCUT2D eigenvalue weighted by Gasteiger charge is 2.00. The van der Waals surface area contributed by atoms with Gasteiger partial charge in [-0.05, 0) is 12.1 Å². The summed E-state index contributed by atoms with van der Waals surface area (Å²) in [6.07, 6.45) is 3.17. The molecule has 4 heteroatoms. The number of nitrogens with zero attached hydrogens (tertiary/aromatic N) is 1. The molecule has 3 nitrogen and oxygen atoms in total. The first kappa shape index (κ1) is 8.36. The lowest BCUT2D eigenvalue weighted by Crippen LogP contribution is -2.01. The molecular weight excluding hydrogens is 162 g/mol. The molecule has 0 aromatic carbocycles. The van der Waals surface area contributed by atoms with Crippen LogP contribution in [0.2, 0.25) is 0 Å². The van der Waals surface area contributed by atoms with Crippen LogP contribution in [0.3, 0.4) is 0 Å². The van der Waals surface area contributed by atoms with Crippen molar-refractivity contribution in [3.63, 3.8) is 0 Å². The van der Waals surface area contributed by atoms with E-state index in [4.69, 9.17) is 5.11 Å². The molecule has 60 valence electrons. The van der Waals surface area contributed by atoms with Crippen LogP contribution in [0.1, 0.15) is 0 Å². The van der Waals surface area contributed by atoms with Crippen molar-refractivity contribution in [2.75, 3.05) is 12.4 Å². The number of pyridine rings is 1. The van der Waals surface area contributed by atoms with Crippen molar-refractivity contribution in [1.29, 1.82) is 0 Å². The molecule has 0 saturated heterocycles. The molecule has 1 heterocycles. The van der Waals surface area contributed by atoms with Crippen molar-refractivity contribution >= 4 is 10.8 Å². The van der Waals surface area contributed by atoms with Gasteiger partial charge in [-0.15, -0.1) is 0 Å². The van der Waals surface area contributed by atoms with Gasteiger partial charge in [-0.1, -0.05) is 0 Å². The molecule has 1 aromatic heterocycles. The molecule has 0 aliphatic carbocycles. The van der Waals surface area contributed by atoms with Crippen LogP contribution in [0.5, 0.6) is 0 Å². The van der Waals surface area contributed by atoms with E-state index in [0.717, 1.165) is 0 Å². The van der Waals surface area contributed by atoms with Crippen molar-refractivity contribution < 1.29 is 9.32 Å². The van der Waals surface area contributed by atoms with Gasteiger partial charge in [-0.25, -0.2) is 0 Å². The molecular formula is C7H9NO2S. The van der Waals surface area contributed by atoms with E-state index in [9.17, 15) is 4.21 Å². The average Bonchev–Trinajstić information content (AvgIpc) is 2.07. The van der Waals surface area contributed by atoms with E-state index in [1.807, 2.05) is 0 Å². The second kappa shape index (κ2) is 4.20. The van der Waals surface area contributed by atoms with E-state index >= 15 is 0 Å². The Labute approximate surface area is 67.5 Å². The third kappa shape index (κ3) is 2.40. The highest BCUT2D eigenvalue weighted by molar-refractivity contribution is 7.85. The summed E-state index contributed by atoms with van der Waals surface area (Å²) < 4.78 is 11.2. The Bertz CT molecular complexity index is 237. The van der Waals surface area contributed by atoms with Crippen LogP contribution in [0.25, 0.3) is 0 Å². The molecule has 1 unspecified atom stereocenters. The van der Waals surface area contributed by atoms with Gasteiger partial charge in [-0.3, -0.25) is 9.19 Å². The maximum Gasteiger partial charge on any atom is 0.0572 e. The predicted octanol–water partition coefficient (Wildman–Crippen LogP) is 0.182. The van der Waals surface area contributed by atoms with Crippen molar-refractivity contribution in [3.8, 4) is 0 Å². The van der Waals surface area contributed by atoms with E-state index in [1.165, 1.54) is 0 Å². The fourth-order valence-electron chi connectivity index (χ4n) is 0.683. The maximum absolute atomic E-state index is 11.2. The second-order valence-corrected chi connectivity index (χ2v) is 3.53. The summed E-state index contributed by atoms with van der Waals surface area (Å²) in [7, 11) is -1.10. The van der Waals surface area contributed by atoms with Gasteiger partial charge < -0.3 is 5.11 Å². The third-order valence-corrected chi connectivity index (χ3v) is 2.49. The fraction of sp³-hybridized carbons (Fsp3) is 0.286. The minimum Gasteiger partial charge on any atom is -0.395 e. The van der Waals surface area contributed by atoms with E-state index in [2.05, 4.69) is 4.98 Å². The molecule has 0 aliphatic rings. The predicted molar refractivity (Wildman–Crippen MR) is 42.6 cm³/mol. The fourth-order valence-corrected chi connectivity index (χ4v) is 1.49. The van der Waals surface area contributed by atoms with Crippen LogP contribution in [0, 0.1) is 0 Å². The lowest BCUT2D eigenvalue weighted by atomic mass is 10.5. The summed E-state index contributed by atoms with van der Waals surface area (Å²) >= 11 is 0. The topological polar surface area (TPSA) is 50.2 Å². The van der Waals surface area contributed by atoms with Crippen LogP contribution >= 0.6 is 0 Å². The summed E-state index contributed by atoms with van der Waals surface area (Å²) in [6, 6.07) is 3.46. The molecule has 0 radical (unpaired) electrons. The number of rotatable bonds is 3. The molecule has 0 bridgehead atoms. The van der Waals surface area contributed by atoms with Gasteiger partial charge in [0.1, 0.15) is 0 Å². The average molecular weight is 171 g/mol. The van der Waals surface area contributed by atoms with Crippen LogP contribution in [-0.2, 0) is 10.8 Å². The van der Waals surface area contributed by atoms with Crippen LogP contribution < -0.4 is 0 Å². The number of aromatic nitrogens is 1. The standard InChI is InChI=1S/C7H9NO2S/c9-4-5-11(10)7-2-1-3-8-6-7/h1-3,6,9H,4-5H2. The Hall–Kier alpha value is -0.740. The minimum atomic E-state index is -1.10. The molecule has 0 amide bonds. The van der Waals surface area contributed by atoms with Gasteiger partial charge in [0, 0.05) is 12.4 Å². The molecule has 0 aliphatic heterocycles. The van der Waals surface area contributed by atoms with Crippen molar-refractivity contribution in [1.82, 2.24) is 4.98 Å². The van der Waals surface area contributed by atoms with E-state index in [0.29, 0.717) is 4.90 Å². The normalized spacial score (nSPS) is 12.8. The Morgan fingerprint density at radius 2 is 2.45 bits per heavy atom. The zero-order valence-corrected chi connectivity index (χ0v) is 6.75. The van der Waals surface area contributed by atoms with Gasteiger partial charge in [0.25, 0.3) is 0 Å². The summed E-state index contributed by atoms with van der Waals surface area (Å²) in [5.41, 5.74) is 0. The summed E-state index contributed by atoms with van der Waals surface area (Å²) in [6.45, 7) is -0.0541. The lowest BCUT2D eigenvalue weighted by molar-refractivity contribution is 0.321. The molecule has 0 spiro atoms. The second-order valence-electron chi connectivity index (χ2n) is 1.96. The van der Waals surface area contributed by atoms with E-state index in [1.54, 1.807) is 24.5 Å². The SMILES string of the molecule is O=S(CCO)c1cccnc1. The third-order valence-electron chi connectivity index (χ3n) is 1.17. The number of aliphatic hydroxyl groups is 1. The van der Waals surface area contributed by atoms with Gasteiger partial charge in [-0.2, -0.15) is 0 Å². The molecule has 1 rings (SSSR count). The van der Waals surface area contributed by atoms with Gasteiger partial charge in [0.2, 0.25) is 0 Å². The van der Waals surface area contributed by atoms with E-state index in [-0.39, 0.29) is 12.4 Å². The Kier molecular flexibility index (Phi) is 3.19. The van der Waals surface area contributed by atoms with Crippen LogP contribution in [-0.4, -0.2) is 26.7 Å². The zero-order chi connectivity index (χ0) is 8.10. The zero-order valence-electron chi connectivity index (χ0n) is 5.93. The summed E-state index contributed by atoms with van der Waals surface area (Å²) in [5.74, 6) is 0.283. The minimum absolute atomic E-state index is 0.0541. The van der Waals surface area contributed by atoms with Crippen molar-refractivity contribution in [2.24, 2.45) is 0 Å². The largest absolute Gasteiger partial charge is 0.395 e. The smallest absolute Gasteiger partial charge is 0.0572 e. The first-order chi connectivity index (χ1) is 5.34. The van der Waals surface area contributed by atoms with Gasteiger partial charge in [0.15, 0.2) is 0 Å². The first-order valence-electron chi connectivity index (χ1n) is 3.24. The maximum atomic E-state index is 11.2. The highest BCUT2D eigenvalue weighted by Crippen LogP contribution is 2.02. The van der Waals surface area contributed by atoms with Gasteiger partial charge >= 0.3 is 0 Å². The first-order valence-corrected chi connectivity index (χ1v) is 4.56.